The molecule has 184 valence electrons. The average Bonchev–Trinajstić information content (AvgIpc) is 2.93. The molecule has 0 amide bonds. The van der Waals surface area contributed by atoms with Gasteiger partial charge in [-0.05, 0) is 37.3 Å². The molecule has 1 atom stereocenters. The van der Waals surface area contributed by atoms with Gasteiger partial charge in [0.2, 0.25) is 15.9 Å². The third-order valence-electron chi connectivity index (χ3n) is 5.88. The maximum Gasteiger partial charge on any atom is 0.368 e. The maximum atomic E-state index is 13.6. The molecule has 2 aromatic rings. The van der Waals surface area contributed by atoms with Crippen molar-refractivity contribution in [2.45, 2.75) is 54.9 Å². The van der Waals surface area contributed by atoms with E-state index in [1.807, 2.05) is 42.2 Å². The fourth-order valence-electron chi connectivity index (χ4n) is 3.98. The Morgan fingerprint density at radius 2 is 2.00 bits per heavy atom. The second-order valence-corrected chi connectivity index (χ2v) is 10.6. The van der Waals surface area contributed by atoms with Crippen LogP contribution in [0.1, 0.15) is 39.5 Å². The SMILES string of the molecule is CCCC[C@@]1(CC)CN(c2ccccc2)c2cc(SC)c(O/C=C(\F)C(=O)O)cc2S(=O)(=O)N1. The number of fused-ring (bicyclic) bond motifs is 1. The van der Waals surface area contributed by atoms with E-state index < -0.39 is 27.4 Å². The third-order valence-corrected chi connectivity index (χ3v) is 8.25. The van der Waals surface area contributed by atoms with Gasteiger partial charge in [-0.25, -0.2) is 17.9 Å². The van der Waals surface area contributed by atoms with Crippen LogP contribution in [0.4, 0.5) is 15.8 Å². The molecule has 1 aliphatic rings. The van der Waals surface area contributed by atoms with Gasteiger partial charge in [-0.1, -0.05) is 44.9 Å². The molecule has 3 rings (SSSR count). The lowest BCUT2D eigenvalue weighted by Crippen LogP contribution is -2.52. The Morgan fingerprint density at radius 1 is 1.29 bits per heavy atom. The van der Waals surface area contributed by atoms with Crippen LogP contribution in [-0.2, 0) is 14.8 Å². The van der Waals surface area contributed by atoms with Gasteiger partial charge in [0.1, 0.15) is 16.9 Å². The van der Waals surface area contributed by atoms with Gasteiger partial charge in [-0.3, -0.25) is 0 Å². The average molecular weight is 509 g/mol. The number of unbranched alkanes of at least 4 members (excludes halogenated alkanes) is 1. The molecule has 0 spiro atoms. The van der Waals surface area contributed by atoms with E-state index in [1.165, 1.54) is 17.8 Å². The first-order valence-electron chi connectivity index (χ1n) is 11.0. The summed E-state index contributed by atoms with van der Waals surface area (Å²) >= 11 is 1.29. The number of hydrogen-bond acceptors (Lipinski definition) is 6. The quantitative estimate of drug-likeness (QED) is 0.264. The number of anilines is 2. The number of aliphatic carboxylic acids is 1. The first kappa shape index (κ1) is 26.1. The van der Waals surface area contributed by atoms with E-state index in [2.05, 4.69) is 11.6 Å². The van der Waals surface area contributed by atoms with E-state index in [9.17, 15) is 17.6 Å². The number of carboxylic acids is 1. The molecule has 0 fully saturated rings. The fourth-order valence-corrected chi connectivity index (χ4v) is 6.21. The van der Waals surface area contributed by atoms with Crippen molar-refractivity contribution in [2.75, 3.05) is 17.7 Å². The molecule has 0 aromatic heterocycles. The van der Waals surface area contributed by atoms with E-state index in [0.717, 1.165) is 18.5 Å². The molecule has 0 bridgehead atoms. The predicted octanol–water partition coefficient (Wildman–Crippen LogP) is 5.45. The Hall–Kier alpha value is -2.56. The molecule has 10 heteroatoms. The van der Waals surface area contributed by atoms with Gasteiger partial charge in [0.15, 0.2) is 0 Å². The van der Waals surface area contributed by atoms with Crippen molar-refractivity contribution >= 4 is 39.1 Å². The Morgan fingerprint density at radius 3 is 2.59 bits per heavy atom. The molecule has 2 aromatic carbocycles. The summed E-state index contributed by atoms with van der Waals surface area (Å²) in [5.41, 5.74) is 0.624. The van der Waals surface area contributed by atoms with Gasteiger partial charge in [0, 0.05) is 18.3 Å². The molecule has 0 unspecified atom stereocenters. The molecule has 0 radical (unpaired) electrons. The highest BCUT2D eigenvalue weighted by atomic mass is 32.2. The first-order valence-corrected chi connectivity index (χ1v) is 13.7. The summed E-state index contributed by atoms with van der Waals surface area (Å²) in [6.45, 7) is 4.47. The van der Waals surface area contributed by atoms with Crippen LogP contribution in [0.3, 0.4) is 0 Å². The van der Waals surface area contributed by atoms with Gasteiger partial charge in [-0.15, -0.1) is 11.8 Å². The van der Waals surface area contributed by atoms with Crippen molar-refractivity contribution in [3.63, 3.8) is 0 Å². The number of carbonyl (C=O) groups is 1. The van der Waals surface area contributed by atoms with Gasteiger partial charge in [0.05, 0.1) is 16.1 Å². The highest BCUT2D eigenvalue weighted by molar-refractivity contribution is 7.98. The lowest BCUT2D eigenvalue weighted by molar-refractivity contribution is -0.134. The summed E-state index contributed by atoms with van der Waals surface area (Å²) in [4.78, 5) is 13.3. The minimum absolute atomic E-state index is 0.0138. The molecule has 0 aliphatic carbocycles. The van der Waals surface area contributed by atoms with Crippen LogP contribution in [0, 0.1) is 0 Å². The number of sulfonamides is 1. The van der Waals surface area contributed by atoms with Gasteiger partial charge >= 0.3 is 5.97 Å². The number of thioether (sulfide) groups is 1. The Labute approximate surface area is 204 Å². The number of nitrogens with one attached hydrogen (secondary N) is 1. The molecule has 34 heavy (non-hydrogen) atoms. The smallest absolute Gasteiger partial charge is 0.368 e. The number of ether oxygens (including phenoxy) is 1. The second-order valence-electron chi connectivity index (χ2n) is 8.12. The Balaban J connectivity index is 2.23. The van der Waals surface area contributed by atoms with Gasteiger partial charge in [-0.2, -0.15) is 4.39 Å². The minimum Gasteiger partial charge on any atom is -0.476 e. The van der Waals surface area contributed by atoms with E-state index in [1.54, 1.807) is 12.3 Å². The number of halogens is 1. The lowest BCUT2D eigenvalue weighted by atomic mass is 9.89. The van der Waals surface area contributed by atoms with Crippen LogP contribution in [-0.4, -0.2) is 37.8 Å². The van der Waals surface area contributed by atoms with Crippen LogP contribution in [0.25, 0.3) is 0 Å². The lowest BCUT2D eigenvalue weighted by Gasteiger charge is -2.36. The van der Waals surface area contributed by atoms with Gasteiger partial charge < -0.3 is 14.7 Å². The van der Waals surface area contributed by atoms with Crippen molar-refractivity contribution < 1.29 is 27.4 Å². The van der Waals surface area contributed by atoms with E-state index in [4.69, 9.17) is 9.84 Å². The van der Waals surface area contributed by atoms with Crippen molar-refractivity contribution in [3.8, 4) is 5.75 Å². The zero-order chi connectivity index (χ0) is 24.9. The van der Waals surface area contributed by atoms with Crippen LogP contribution in [0.5, 0.6) is 5.75 Å². The summed E-state index contributed by atoms with van der Waals surface area (Å²) in [6, 6.07) is 12.6. The number of carboxylic acid groups (broad SMARTS) is 1. The minimum atomic E-state index is -3.98. The Bertz CT molecular complexity index is 1170. The predicted molar refractivity (Wildman–Crippen MR) is 132 cm³/mol. The molecular formula is C24H29FN2O5S2. The van der Waals surface area contributed by atoms with Gasteiger partial charge in [0.25, 0.3) is 0 Å². The first-order chi connectivity index (χ1) is 16.2. The molecule has 0 saturated carbocycles. The van der Waals surface area contributed by atoms with E-state index >= 15 is 0 Å². The highest BCUT2D eigenvalue weighted by Crippen LogP contribution is 2.43. The van der Waals surface area contributed by atoms with E-state index in [-0.39, 0.29) is 10.6 Å². The molecule has 2 N–H and O–H groups in total. The monoisotopic (exact) mass is 508 g/mol. The zero-order valence-electron chi connectivity index (χ0n) is 19.4. The summed E-state index contributed by atoms with van der Waals surface area (Å²) in [7, 11) is -3.98. The zero-order valence-corrected chi connectivity index (χ0v) is 21.0. The summed E-state index contributed by atoms with van der Waals surface area (Å²) < 4.78 is 49.0. The van der Waals surface area contributed by atoms with Crippen LogP contribution < -0.4 is 14.4 Å². The number of rotatable bonds is 9. The summed E-state index contributed by atoms with van der Waals surface area (Å²) in [5, 5.41) is 8.77. The third kappa shape index (κ3) is 5.56. The molecular weight excluding hydrogens is 479 g/mol. The summed E-state index contributed by atoms with van der Waals surface area (Å²) in [5.74, 6) is -3.20. The van der Waals surface area contributed by atoms with Crippen LogP contribution in [0.15, 0.2) is 64.3 Å². The Kier molecular flexibility index (Phi) is 8.27. The van der Waals surface area contributed by atoms with Crippen LogP contribution in [0.2, 0.25) is 0 Å². The molecule has 1 aliphatic heterocycles. The van der Waals surface area contributed by atoms with E-state index in [0.29, 0.717) is 36.2 Å². The normalized spacial score (nSPS) is 19.9. The molecule has 0 saturated heterocycles. The highest BCUT2D eigenvalue weighted by Gasteiger charge is 2.41. The van der Waals surface area contributed by atoms with Crippen molar-refractivity contribution in [2.24, 2.45) is 0 Å². The second kappa shape index (κ2) is 10.8. The van der Waals surface area contributed by atoms with Crippen molar-refractivity contribution in [1.82, 2.24) is 4.72 Å². The fraction of sp³-hybridized carbons (Fsp3) is 0.375. The van der Waals surface area contributed by atoms with Crippen molar-refractivity contribution in [1.29, 1.82) is 0 Å². The maximum absolute atomic E-state index is 13.6. The topological polar surface area (TPSA) is 95.9 Å². The van der Waals surface area contributed by atoms with Crippen LogP contribution >= 0.6 is 11.8 Å². The number of para-hydroxylation sites is 1. The molecule has 1 heterocycles. The number of nitrogens with zero attached hydrogens (tertiary/aromatic N) is 1. The largest absolute Gasteiger partial charge is 0.476 e. The standard InChI is InChI=1S/C24H29FN2O5S2/c1-4-6-12-24(5-2)16-27(17-10-8-7-9-11-17)19-13-21(33-3)20(32-15-18(25)23(28)29)14-22(19)34(30,31)26-24/h7-11,13-15,26H,4-6,12,16H2,1-3H3,(H,28,29)/b18-15-/t24-/m0/s1. The summed E-state index contributed by atoms with van der Waals surface area (Å²) in [6.07, 6.45) is 5.29. The number of hydrogen-bond donors (Lipinski definition) is 2. The van der Waals surface area contributed by atoms with Crippen molar-refractivity contribution in [3.05, 3.63) is 54.6 Å². The molecule has 7 nitrogen and oxygen atoms in total. The number of benzene rings is 2.